The quantitative estimate of drug-likeness (QED) is 0.475. The summed E-state index contributed by atoms with van der Waals surface area (Å²) < 4.78 is 5.47. The normalized spacial score (nSPS) is 10.8. The van der Waals surface area contributed by atoms with Gasteiger partial charge >= 0.3 is 5.69 Å². The van der Waals surface area contributed by atoms with Crippen LogP contribution in [0.2, 0.25) is 0 Å². The molecule has 0 saturated heterocycles. The van der Waals surface area contributed by atoms with E-state index in [1.165, 1.54) is 0 Å². The molecule has 1 amide bonds. The number of carbonyl (C=O) groups is 1. The summed E-state index contributed by atoms with van der Waals surface area (Å²) in [6.45, 7) is 2.17. The molecule has 0 aliphatic heterocycles. The molecule has 9 nitrogen and oxygen atoms in total. The number of thioether (sulfide) groups is 1. The highest BCUT2D eigenvalue weighted by molar-refractivity contribution is 7.99. The summed E-state index contributed by atoms with van der Waals surface area (Å²) in [5, 5.41) is 10.8. The molecule has 0 fully saturated rings. The summed E-state index contributed by atoms with van der Waals surface area (Å²) in [5.41, 5.74) is 0.889. The molecule has 10 heteroatoms. The maximum Gasteiger partial charge on any atom is 0.325 e. The van der Waals surface area contributed by atoms with Gasteiger partial charge in [0.25, 0.3) is 10.8 Å². The fraction of sp³-hybridized carbons (Fsp3) is 0.278. The van der Waals surface area contributed by atoms with Crippen molar-refractivity contribution in [3.05, 3.63) is 73.9 Å². The average molecular weight is 401 g/mol. The number of aromatic nitrogens is 4. The number of hydrogen-bond donors (Lipinski definition) is 3. The largest absolute Gasteiger partial charge is 0.416 e. The maximum atomic E-state index is 11.9. The number of benzene rings is 1. The predicted molar refractivity (Wildman–Crippen MR) is 103 cm³/mol. The maximum absolute atomic E-state index is 11.9. The van der Waals surface area contributed by atoms with Crippen LogP contribution in [0.5, 0.6) is 0 Å². The molecule has 3 aromatic rings. The summed E-state index contributed by atoms with van der Waals surface area (Å²) in [6.07, 6.45) is 0.851. The number of hydrogen-bond acceptors (Lipinski definition) is 7. The van der Waals surface area contributed by atoms with Gasteiger partial charge in [0.1, 0.15) is 0 Å². The van der Waals surface area contributed by atoms with Crippen molar-refractivity contribution in [1.82, 2.24) is 25.5 Å². The minimum Gasteiger partial charge on any atom is -0.416 e. The number of nitrogens with zero attached hydrogens (tertiary/aromatic N) is 2. The van der Waals surface area contributed by atoms with E-state index in [0.717, 1.165) is 23.7 Å². The Morgan fingerprint density at radius 1 is 1.18 bits per heavy atom. The molecule has 0 aliphatic rings. The van der Waals surface area contributed by atoms with Gasteiger partial charge in [0.15, 0.2) is 0 Å². The van der Waals surface area contributed by atoms with Crippen LogP contribution in [0.15, 0.2) is 49.6 Å². The van der Waals surface area contributed by atoms with Gasteiger partial charge in [-0.25, -0.2) is 4.79 Å². The monoisotopic (exact) mass is 401 g/mol. The van der Waals surface area contributed by atoms with Crippen molar-refractivity contribution in [3.63, 3.8) is 0 Å². The number of aromatic amines is 2. The Bertz CT molecular complexity index is 1060. The van der Waals surface area contributed by atoms with Crippen LogP contribution in [-0.4, -0.2) is 38.4 Å². The fourth-order valence-electron chi connectivity index (χ4n) is 2.53. The Kier molecular flexibility index (Phi) is 6.43. The summed E-state index contributed by atoms with van der Waals surface area (Å²) in [4.78, 5) is 39.7. The van der Waals surface area contributed by atoms with E-state index in [4.69, 9.17) is 4.42 Å². The topological polar surface area (TPSA) is 134 Å². The van der Waals surface area contributed by atoms with Gasteiger partial charge in [-0.2, -0.15) is 0 Å². The van der Waals surface area contributed by atoms with Gasteiger partial charge in [0.05, 0.1) is 12.2 Å². The van der Waals surface area contributed by atoms with E-state index in [0.29, 0.717) is 17.8 Å². The highest BCUT2D eigenvalue weighted by Gasteiger charge is 2.13. The molecule has 0 saturated carbocycles. The zero-order valence-electron chi connectivity index (χ0n) is 15.2. The molecule has 0 unspecified atom stereocenters. The van der Waals surface area contributed by atoms with E-state index in [2.05, 4.69) is 25.5 Å². The van der Waals surface area contributed by atoms with Gasteiger partial charge in [0, 0.05) is 17.8 Å². The molecule has 1 aromatic carbocycles. The number of amides is 1. The van der Waals surface area contributed by atoms with Gasteiger partial charge < -0.3 is 14.7 Å². The molecule has 3 rings (SSSR count). The van der Waals surface area contributed by atoms with Gasteiger partial charge in [-0.3, -0.25) is 14.6 Å². The third-order valence-corrected chi connectivity index (χ3v) is 4.76. The number of rotatable bonds is 8. The second-order valence-corrected chi connectivity index (χ2v) is 6.95. The van der Waals surface area contributed by atoms with Gasteiger partial charge in [-0.1, -0.05) is 42.1 Å². The Morgan fingerprint density at radius 2 is 1.96 bits per heavy atom. The Balaban J connectivity index is 1.47. The van der Waals surface area contributed by atoms with Crippen LogP contribution >= 0.6 is 11.8 Å². The van der Waals surface area contributed by atoms with Crippen LogP contribution in [0.25, 0.3) is 0 Å². The molecule has 146 valence electrons. The molecule has 2 aromatic heterocycles. The van der Waals surface area contributed by atoms with Crippen LogP contribution in [0.3, 0.4) is 0 Å². The smallest absolute Gasteiger partial charge is 0.325 e. The lowest BCUT2D eigenvalue weighted by molar-refractivity contribution is -0.118. The number of nitrogens with one attached hydrogen (secondary N) is 3. The Hall–Kier alpha value is -3.14. The third kappa shape index (κ3) is 5.43. The van der Waals surface area contributed by atoms with Crippen LogP contribution < -0.4 is 16.6 Å². The van der Waals surface area contributed by atoms with Crippen molar-refractivity contribution in [3.8, 4) is 0 Å². The predicted octanol–water partition coefficient (Wildman–Crippen LogP) is 0.796. The first kappa shape index (κ1) is 19.6. The summed E-state index contributed by atoms with van der Waals surface area (Å²) in [6, 6.07) is 9.89. The van der Waals surface area contributed by atoms with Gasteiger partial charge in [0.2, 0.25) is 11.8 Å². The highest BCUT2D eigenvalue weighted by atomic mass is 32.2. The van der Waals surface area contributed by atoms with E-state index >= 15 is 0 Å². The number of carbonyl (C=O) groups excluding carboxylic acids is 1. The number of aryl methyl sites for hydroxylation is 1. The van der Waals surface area contributed by atoms with Crippen molar-refractivity contribution >= 4 is 17.7 Å². The van der Waals surface area contributed by atoms with Crippen LogP contribution in [-0.2, 0) is 17.6 Å². The molecule has 2 heterocycles. The second-order valence-electron chi connectivity index (χ2n) is 6.02. The van der Waals surface area contributed by atoms with Gasteiger partial charge in [-0.15, -0.1) is 10.2 Å². The molecule has 0 bridgehead atoms. The first-order valence-electron chi connectivity index (χ1n) is 8.59. The van der Waals surface area contributed by atoms with E-state index < -0.39 is 11.2 Å². The highest BCUT2D eigenvalue weighted by Crippen LogP contribution is 2.17. The molecule has 0 radical (unpaired) electrons. The summed E-state index contributed by atoms with van der Waals surface area (Å²) in [7, 11) is 0. The minimum absolute atomic E-state index is 0.0920. The molecular formula is C18H19N5O4S. The van der Waals surface area contributed by atoms with E-state index in [1.54, 1.807) is 6.92 Å². The number of H-pyrrole nitrogens is 2. The summed E-state index contributed by atoms with van der Waals surface area (Å²) >= 11 is 1.12. The molecule has 0 spiro atoms. The molecule has 0 atom stereocenters. The van der Waals surface area contributed by atoms with E-state index in [-0.39, 0.29) is 29.2 Å². The second kappa shape index (κ2) is 9.18. The SMILES string of the molecule is Cc1[nH]c(=O)[nH]c(=O)c1Cc1nnc(SCC(=O)NCCc2ccccc2)o1. The van der Waals surface area contributed by atoms with Crippen LogP contribution in [0, 0.1) is 6.92 Å². The Morgan fingerprint density at radius 3 is 2.71 bits per heavy atom. The zero-order valence-corrected chi connectivity index (χ0v) is 16.0. The van der Waals surface area contributed by atoms with Crippen LogP contribution in [0.1, 0.15) is 22.7 Å². The standard InChI is InChI=1S/C18H19N5O4S/c1-11-13(16(25)21-17(26)20-11)9-15-22-23-18(27-15)28-10-14(24)19-8-7-12-5-3-2-4-6-12/h2-6H,7-10H2,1H3,(H,19,24)(H2,20,21,25,26). The molecule has 0 aliphatic carbocycles. The Labute approximate surface area is 164 Å². The molecule has 28 heavy (non-hydrogen) atoms. The van der Waals surface area contributed by atoms with Crippen molar-refractivity contribution in [1.29, 1.82) is 0 Å². The third-order valence-electron chi connectivity index (χ3n) is 3.94. The fourth-order valence-corrected chi connectivity index (χ4v) is 3.14. The van der Waals surface area contributed by atoms with Crippen molar-refractivity contribution in [2.45, 2.75) is 25.0 Å². The van der Waals surface area contributed by atoms with Crippen molar-refractivity contribution in [2.75, 3.05) is 12.3 Å². The van der Waals surface area contributed by atoms with E-state index in [9.17, 15) is 14.4 Å². The first-order valence-corrected chi connectivity index (χ1v) is 9.57. The zero-order chi connectivity index (χ0) is 19.9. The van der Waals surface area contributed by atoms with Gasteiger partial charge in [-0.05, 0) is 18.9 Å². The molecule has 3 N–H and O–H groups in total. The first-order chi connectivity index (χ1) is 13.5. The minimum atomic E-state index is -0.564. The van der Waals surface area contributed by atoms with Crippen molar-refractivity contribution in [2.24, 2.45) is 0 Å². The molecular weight excluding hydrogens is 382 g/mol. The van der Waals surface area contributed by atoms with Crippen molar-refractivity contribution < 1.29 is 9.21 Å². The summed E-state index contributed by atoms with van der Waals surface area (Å²) in [5.74, 6) is 0.246. The average Bonchev–Trinajstić information content (AvgIpc) is 3.11. The lowest BCUT2D eigenvalue weighted by Crippen LogP contribution is -2.27. The van der Waals surface area contributed by atoms with Crippen LogP contribution in [0.4, 0.5) is 0 Å². The van der Waals surface area contributed by atoms with E-state index in [1.807, 2.05) is 30.3 Å². The lowest BCUT2D eigenvalue weighted by atomic mass is 10.1. The lowest BCUT2D eigenvalue weighted by Gasteiger charge is -2.04.